The molecule has 0 N–H and O–H groups in total. The summed E-state index contributed by atoms with van der Waals surface area (Å²) in [5.74, 6) is 0.409. The van der Waals surface area contributed by atoms with Crippen LogP contribution in [0.4, 0.5) is 0 Å². The molecule has 0 spiro atoms. The zero-order valence-electron chi connectivity index (χ0n) is 5.21. The maximum Gasteiger partial charge on any atom is 0.192 e. The summed E-state index contributed by atoms with van der Waals surface area (Å²) in [7, 11) is 0. The van der Waals surface area contributed by atoms with Crippen LogP contribution >= 0.6 is 34.6 Å². The highest BCUT2D eigenvalue weighted by molar-refractivity contribution is 14.1. The minimum Gasteiger partial charge on any atom is -0.424 e. The minimum absolute atomic E-state index is 0.303. The monoisotopic (exact) mass is 280 g/mol. The van der Waals surface area contributed by atoms with Gasteiger partial charge in [-0.2, -0.15) is 5.26 Å². The van der Waals surface area contributed by atoms with Crippen LogP contribution in [0.2, 0.25) is 5.02 Å². The molecule has 3 nitrogen and oxygen atoms in total. The molecular weight excluding hydrogens is 278 g/mol. The van der Waals surface area contributed by atoms with E-state index in [4.69, 9.17) is 19.9 Å². The number of hydrogen-bond acceptors (Lipinski definition) is 3. The van der Waals surface area contributed by atoms with Crippen molar-refractivity contribution in [1.29, 1.82) is 5.26 Å². The van der Waals surface area contributed by atoms with E-state index in [2.05, 4.69) is 4.98 Å². The SMILES string of the molecule is N#Cc1cncc(OI)c1Cl. The molecule has 0 fully saturated rings. The predicted molar refractivity (Wildman–Crippen MR) is 48.6 cm³/mol. The normalized spacial score (nSPS) is 8.82. The Bertz CT molecular complexity index is 310. The fraction of sp³-hybridized carbons (Fsp3) is 0. The van der Waals surface area contributed by atoms with Crippen molar-refractivity contribution in [1.82, 2.24) is 4.98 Å². The van der Waals surface area contributed by atoms with Crippen LogP contribution in [0.25, 0.3) is 0 Å². The van der Waals surface area contributed by atoms with Gasteiger partial charge in [0.15, 0.2) is 28.8 Å². The number of nitriles is 1. The first-order valence-electron chi connectivity index (χ1n) is 2.61. The van der Waals surface area contributed by atoms with E-state index in [1.165, 1.54) is 12.4 Å². The quantitative estimate of drug-likeness (QED) is 0.742. The third-order valence-electron chi connectivity index (χ3n) is 1.05. The lowest BCUT2D eigenvalue weighted by atomic mass is 10.3. The van der Waals surface area contributed by atoms with Crippen LogP contribution in [0.15, 0.2) is 12.4 Å². The third kappa shape index (κ3) is 1.73. The van der Waals surface area contributed by atoms with Crippen LogP contribution in [-0.4, -0.2) is 4.98 Å². The second-order valence-corrected chi connectivity index (χ2v) is 2.51. The number of nitrogens with zero attached hydrogens (tertiary/aromatic N) is 2. The Labute approximate surface area is 82.6 Å². The second-order valence-electron chi connectivity index (χ2n) is 1.69. The van der Waals surface area contributed by atoms with Crippen molar-refractivity contribution in [2.45, 2.75) is 0 Å². The Morgan fingerprint density at radius 3 is 2.91 bits per heavy atom. The van der Waals surface area contributed by atoms with Gasteiger partial charge in [0.1, 0.15) is 11.1 Å². The lowest BCUT2D eigenvalue weighted by Gasteiger charge is -1.98. The Kier molecular flexibility index (Phi) is 2.91. The van der Waals surface area contributed by atoms with Gasteiger partial charge in [-0.05, 0) is 0 Å². The van der Waals surface area contributed by atoms with Gasteiger partial charge in [0, 0.05) is 6.20 Å². The Balaban J connectivity index is 3.23. The molecule has 0 unspecified atom stereocenters. The van der Waals surface area contributed by atoms with E-state index < -0.39 is 0 Å². The molecule has 0 saturated heterocycles. The average molecular weight is 280 g/mol. The molecule has 1 aromatic rings. The Hall–Kier alpha value is -0.540. The average Bonchev–Trinajstić information content (AvgIpc) is 2.05. The molecule has 11 heavy (non-hydrogen) atoms. The molecule has 0 aliphatic rings. The summed E-state index contributed by atoms with van der Waals surface area (Å²) in [6, 6.07) is 1.89. The van der Waals surface area contributed by atoms with Gasteiger partial charge in [-0.25, -0.2) is 0 Å². The number of hydrogen-bond donors (Lipinski definition) is 0. The molecule has 0 amide bonds. The largest absolute Gasteiger partial charge is 0.424 e. The first kappa shape index (κ1) is 8.56. The second kappa shape index (κ2) is 3.74. The Morgan fingerprint density at radius 2 is 2.36 bits per heavy atom. The van der Waals surface area contributed by atoms with E-state index in [9.17, 15) is 0 Å². The first-order valence-corrected chi connectivity index (χ1v) is 3.87. The van der Waals surface area contributed by atoms with Gasteiger partial charge in [0.05, 0.1) is 11.8 Å². The van der Waals surface area contributed by atoms with Crippen LogP contribution in [0.1, 0.15) is 5.56 Å². The highest BCUT2D eigenvalue weighted by Crippen LogP contribution is 2.27. The topological polar surface area (TPSA) is 45.9 Å². The molecule has 0 radical (unpaired) electrons. The zero-order valence-corrected chi connectivity index (χ0v) is 8.13. The van der Waals surface area contributed by atoms with Crippen molar-refractivity contribution in [3.05, 3.63) is 23.0 Å². The molecule has 1 aromatic heterocycles. The number of halogens is 2. The number of pyridine rings is 1. The van der Waals surface area contributed by atoms with E-state index in [-0.39, 0.29) is 0 Å². The van der Waals surface area contributed by atoms with Gasteiger partial charge in [-0.3, -0.25) is 4.98 Å². The standard InChI is InChI=1S/C6H2ClIN2O/c7-6-4(1-9)2-10-3-5(6)11-8/h2-3H. The lowest BCUT2D eigenvalue weighted by Crippen LogP contribution is -1.83. The maximum atomic E-state index is 8.51. The highest BCUT2D eigenvalue weighted by atomic mass is 127. The molecule has 0 aromatic carbocycles. The molecular formula is C6H2ClIN2O. The molecule has 0 bridgehead atoms. The Morgan fingerprint density at radius 1 is 1.64 bits per heavy atom. The van der Waals surface area contributed by atoms with Gasteiger partial charge in [-0.15, -0.1) is 0 Å². The summed E-state index contributed by atoms with van der Waals surface area (Å²) in [6.45, 7) is 0. The molecule has 0 aliphatic heterocycles. The summed E-state index contributed by atoms with van der Waals surface area (Å²) in [4.78, 5) is 3.75. The van der Waals surface area contributed by atoms with E-state index in [0.29, 0.717) is 16.3 Å². The minimum atomic E-state index is 0.303. The number of rotatable bonds is 1. The molecule has 0 atom stereocenters. The highest BCUT2D eigenvalue weighted by Gasteiger charge is 2.05. The van der Waals surface area contributed by atoms with Crippen LogP contribution < -0.4 is 3.07 Å². The van der Waals surface area contributed by atoms with Crippen molar-refractivity contribution >= 4 is 34.6 Å². The van der Waals surface area contributed by atoms with Crippen molar-refractivity contribution in [2.75, 3.05) is 0 Å². The summed E-state index contributed by atoms with van der Waals surface area (Å²) < 4.78 is 4.81. The van der Waals surface area contributed by atoms with Gasteiger partial charge < -0.3 is 3.07 Å². The zero-order chi connectivity index (χ0) is 8.27. The van der Waals surface area contributed by atoms with Crippen LogP contribution in [0.3, 0.4) is 0 Å². The van der Waals surface area contributed by atoms with Crippen molar-refractivity contribution < 1.29 is 3.07 Å². The summed E-state index contributed by atoms with van der Waals surface area (Å²) in [5, 5.41) is 8.81. The fourth-order valence-electron chi connectivity index (χ4n) is 0.557. The van der Waals surface area contributed by atoms with Crippen molar-refractivity contribution in [2.24, 2.45) is 0 Å². The molecule has 5 heteroatoms. The smallest absolute Gasteiger partial charge is 0.192 e. The van der Waals surface area contributed by atoms with Gasteiger partial charge in [0.25, 0.3) is 0 Å². The summed E-state index contributed by atoms with van der Waals surface area (Å²) in [6.07, 6.45) is 2.84. The summed E-state index contributed by atoms with van der Waals surface area (Å²) in [5.41, 5.74) is 0.320. The van der Waals surface area contributed by atoms with Crippen LogP contribution in [0, 0.1) is 11.3 Å². The maximum absolute atomic E-state index is 8.51. The van der Waals surface area contributed by atoms with Crippen LogP contribution in [0.5, 0.6) is 5.75 Å². The molecule has 0 aliphatic carbocycles. The molecule has 1 heterocycles. The van der Waals surface area contributed by atoms with Gasteiger partial charge >= 0.3 is 0 Å². The van der Waals surface area contributed by atoms with Crippen molar-refractivity contribution in [3.8, 4) is 11.8 Å². The number of aromatic nitrogens is 1. The fourth-order valence-corrected chi connectivity index (χ4v) is 1.20. The predicted octanol–water partition coefficient (Wildman–Crippen LogP) is 2.34. The van der Waals surface area contributed by atoms with E-state index in [1.54, 1.807) is 23.0 Å². The van der Waals surface area contributed by atoms with Gasteiger partial charge in [-0.1, -0.05) is 11.6 Å². The van der Waals surface area contributed by atoms with E-state index >= 15 is 0 Å². The first-order chi connectivity index (χ1) is 5.29. The van der Waals surface area contributed by atoms with E-state index in [0.717, 1.165) is 0 Å². The van der Waals surface area contributed by atoms with Crippen molar-refractivity contribution in [3.63, 3.8) is 0 Å². The molecule has 56 valence electrons. The molecule has 0 saturated carbocycles. The van der Waals surface area contributed by atoms with Gasteiger partial charge in [0.2, 0.25) is 0 Å². The lowest BCUT2D eigenvalue weighted by molar-refractivity contribution is 0.711. The third-order valence-corrected chi connectivity index (χ3v) is 1.92. The summed E-state index contributed by atoms with van der Waals surface area (Å²) >= 11 is 7.39. The van der Waals surface area contributed by atoms with Crippen LogP contribution in [-0.2, 0) is 0 Å². The molecule has 1 rings (SSSR count). The van der Waals surface area contributed by atoms with E-state index in [1.807, 2.05) is 6.07 Å².